The van der Waals surface area contributed by atoms with Crippen LogP contribution in [0.1, 0.15) is 50.2 Å². The molecule has 2 nitrogen and oxygen atoms in total. The SMILES string of the molecule is O=C([C@@H]1O[C@H]1c1ccc(Br)cc1)C12CC3CC(CC(C3)C1)C2. The van der Waals surface area contributed by atoms with E-state index >= 15 is 0 Å². The van der Waals surface area contributed by atoms with Gasteiger partial charge in [-0.15, -0.1) is 0 Å². The molecule has 2 atom stereocenters. The minimum absolute atomic E-state index is 0.00797. The van der Waals surface area contributed by atoms with Crippen molar-refractivity contribution in [2.24, 2.45) is 23.2 Å². The predicted octanol–water partition coefficient (Wildman–Crippen LogP) is 4.67. The van der Waals surface area contributed by atoms with E-state index in [1.807, 2.05) is 12.1 Å². The second-order valence-electron chi connectivity index (χ2n) is 8.09. The van der Waals surface area contributed by atoms with Gasteiger partial charge in [0.1, 0.15) is 12.2 Å². The van der Waals surface area contributed by atoms with Crippen molar-refractivity contribution in [3.05, 3.63) is 34.3 Å². The molecule has 6 rings (SSSR count). The molecule has 4 aliphatic carbocycles. The Morgan fingerprint density at radius 2 is 1.55 bits per heavy atom. The number of benzene rings is 1. The lowest BCUT2D eigenvalue weighted by atomic mass is 9.48. The maximum absolute atomic E-state index is 13.2. The van der Waals surface area contributed by atoms with Crippen molar-refractivity contribution < 1.29 is 9.53 Å². The molecular weight excluding hydrogens is 340 g/mol. The Kier molecular flexibility index (Phi) is 2.92. The van der Waals surface area contributed by atoms with Gasteiger partial charge in [0.15, 0.2) is 5.78 Å². The minimum atomic E-state index is -0.169. The van der Waals surface area contributed by atoms with Crippen LogP contribution in [0.15, 0.2) is 28.7 Å². The van der Waals surface area contributed by atoms with E-state index in [1.54, 1.807) is 0 Å². The van der Waals surface area contributed by atoms with Gasteiger partial charge in [-0.3, -0.25) is 4.79 Å². The van der Waals surface area contributed by atoms with Crippen LogP contribution in [-0.4, -0.2) is 11.9 Å². The molecule has 4 bridgehead atoms. The number of Topliss-reactive ketones (excluding diaryl/α,β-unsaturated/α-hetero) is 1. The highest BCUT2D eigenvalue weighted by atomic mass is 79.9. The first-order valence-corrected chi connectivity index (χ1v) is 9.37. The molecule has 1 aromatic carbocycles. The molecule has 5 aliphatic rings. The summed E-state index contributed by atoms with van der Waals surface area (Å²) in [6.45, 7) is 0. The number of epoxide rings is 1. The van der Waals surface area contributed by atoms with Gasteiger partial charge in [-0.05, 0) is 74.0 Å². The fourth-order valence-corrected chi connectivity index (χ4v) is 6.20. The maximum atomic E-state index is 13.2. The van der Waals surface area contributed by atoms with Crippen LogP contribution in [0.3, 0.4) is 0 Å². The van der Waals surface area contributed by atoms with Crippen LogP contribution in [0.5, 0.6) is 0 Å². The van der Waals surface area contributed by atoms with Crippen molar-refractivity contribution in [2.75, 3.05) is 0 Å². The largest absolute Gasteiger partial charge is 0.356 e. The summed E-state index contributed by atoms with van der Waals surface area (Å²) in [5.74, 6) is 2.89. The smallest absolute Gasteiger partial charge is 0.170 e. The number of halogens is 1. The van der Waals surface area contributed by atoms with Crippen LogP contribution in [0.2, 0.25) is 0 Å². The zero-order valence-electron chi connectivity index (χ0n) is 12.6. The van der Waals surface area contributed by atoms with Gasteiger partial charge in [0, 0.05) is 9.89 Å². The van der Waals surface area contributed by atoms with Gasteiger partial charge in [0.05, 0.1) is 0 Å². The quantitative estimate of drug-likeness (QED) is 0.732. The molecule has 0 N–H and O–H groups in total. The molecule has 0 spiro atoms. The average molecular weight is 361 g/mol. The van der Waals surface area contributed by atoms with Crippen LogP contribution >= 0.6 is 15.9 Å². The fourth-order valence-electron chi connectivity index (χ4n) is 5.93. The molecule has 0 radical (unpaired) electrons. The lowest BCUT2D eigenvalue weighted by molar-refractivity contribution is -0.145. The number of hydrogen-bond donors (Lipinski definition) is 0. The van der Waals surface area contributed by atoms with E-state index in [9.17, 15) is 4.79 Å². The summed E-state index contributed by atoms with van der Waals surface area (Å²) in [7, 11) is 0. The molecule has 0 aromatic heterocycles. The van der Waals surface area contributed by atoms with Crippen molar-refractivity contribution in [1.82, 2.24) is 0 Å². The lowest BCUT2D eigenvalue weighted by Crippen LogP contribution is -2.51. The third-order valence-electron chi connectivity index (χ3n) is 6.51. The Bertz CT molecular complexity index is 586. The summed E-state index contributed by atoms with van der Waals surface area (Å²) in [4.78, 5) is 13.2. The molecule has 1 heterocycles. The summed E-state index contributed by atoms with van der Waals surface area (Å²) < 4.78 is 6.90. The van der Waals surface area contributed by atoms with Crippen molar-refractivity contribution >= 4 is 21.7 Å². The first-order valence-electron chi connectivity index (χ1n) is 8.58. The zero-order chi connectivity index (χ0) is 14.9. The van der Waals surface area contributed by atoms with Gasteiger partial charge >= 0.3 is 0 Å². The van der Waals surface area contributed by atoms with E-state index in [0.29, 0.717) is 5.78 Å². The molecule has 1 saturated heterocycles. The highest BCUT2D eigenvalue weighted by Gasteiger charge is 2.60. The topological polar surface area (TPSA) is 29.6 Å². The Morgan fingerprint density at radius 1 is 1.00 bits per heavy atom. The zero-order valence-corrected chi connectivity index (χ0v) is 14.2. The van der Waals surface area contributed by atoms with Crippen LogP contribution in [0, 0.1) is 23.2 Å². The predicted molar refractivity (Wildman–Crippen MR) is 87.4 cm³/mol. The van der Waals surface area contributed by atoms with E-state index in [0.717, 1.165) is 47.1 Å². The molecule has 5 fully saturated rings. The Hall–Kier alpha value is -0.670. The molecular formula is C19H21BrO2. The summed E-state index contributed by atoms with van der Waals surface area (Å²) in [6.07, 6.45) is 7.42. The van der Waals surface area contributed by atoms with E-state index in [-0.39, 0.29) is 17.6 Å². The first-order chi connectivity index (χ1) is 10.6. The average Bonchev–Trinajstić information content (AvgIpc) is 3.26. The molecule has 0 unspecified atom stereocenters. The number of rotatable bonds is 3. The van der Waals surface area contributed by atoms with Gasteiger partial charge < -0.3 is 4.74 Å². The highest BCUT2D eigenvalue weighted by Crippen LogP contribution is 2.62. The molecule has 0 amide bonds. The Labute approximate surface area is 139 Å². The van der Waals surface area contributed by atoms with Crippen LogP contribution in [0.4, 0.5) is 0 Å². The van der Waals surface area contributed by atoms with Crippen LogP contribution in [0.25, 0.3) is 0 Å². The molecule has 1 aromatic rings. The van der Waals surface area contributed by atoms with Crippen molar-refractivity contribution in [2.45, 2.75) is 50.7 Å². The first kappa shape index (κ1) is 13.7. The second kappa shape index (κ2) is 4.67. The molecule has 1 aliphatic heterocycles. The summed E-state index contributed by atoms with van der Waals surface area (Å²) in [6, 6.07) is 8.20. The summed E-state index contributed by atoms with van der Waals surface area (Å²) >= 11 is 3.46. The number of hydrogen-bond acceptors (Lipinski definition) is 2. The molecule has 22 heavy (non-hydrogen) atoms. The van der Waals surface area contributed by atoms with Crippen molar-refractivity contribution in [1.29, 1.82) is 0 Å². The van der Waals surface area contributed by atoms with Gasteiger partial charge in [0.25, 0.3) is 0 Å². The number of ether oxygens (including phenoxy) is 1. The Balaban J connectivity index is 1.36. The summed E-state index contributed by atoms with van der Waals surface area (Å²) in [5, 5.41) is 0. The number of carbonyl (C=O) groups is 1. The van der Waals surface area contributed by atoms with Gasteiger partial charge in [-0.25, -0.2) is 0 Å². The third-order valence-corrected chi connectivity index (χ3v) is 7.04. The molecule has 3 heteroatoms. The number of carbonyl (C=O) groups excluding carboxylic acids is 1. The maximum Gasteiger partial charge on any atom is 0.170 e. The van der Waals surface area contributed by atoms with Gasteiger partial charge in [0.2, 0.25) is 0 Å². The third kappa shape index (κ3) is 2.05. The van der Waals surface area contributed by atoms with Gasteiger partial charge in [-0.1, -0.05) is 28.1 Å². The van der Waals surface area contributed by atoms with Crippen molar-refractivity contribution in [3.63, 3.8) is 0 Å². The summed E-state index contributed by atoms with van der Waals surface area (Å²) in [5.41, 5.74) is 1.12. The van der Waals surface area contributed by atoms with E-state index in [1.165, 1.54) is 19.3 Å². The highest BCUT2D eigenvalue weighted by molar-refractivity contribution is 9.10. The van der Waals surface area contributed by atoms with E-state index < -0.39 is 0 Å². The monoisotopic (exact) mass is 360 g/mol. The van der Waals surface area contributed by atoms with Gasteiger partial charge in [-0.2, -0.15) is 0 Å². The van der Waals surface area contributed by atoms with E-state index in [2.05, 4.69) is 28.1 Å². The second-order valence-corrected chi connectivity index (χ2v) is 9.01. The number of ketones is 1. The minimum Gasteiger partial charge on any atom is -0.356 e. The normalized spacial score (nSPS) is 45.0. The molecule has 4 saturated carbocycles. The standard InChI is InChI=1S/C19H21BrO2/c20-15-3-1-14(2-4-15)16-17(22-16)18(21)19-8-11-5-12(9-19)7-13(6-11)10-19/h1-4,11-13,16-17H,5-10H2/t11?,12?,13?,16-,17+,19?/m0/s1. The fraction of sp³-hybridized carbons (Fsp3) is 0.632. The van der Waals surface area contributed by atoms with Crippen LogP contribution in [-0.2, 0) is 9.53 Å². The van der Waals surface area contributed by atoms with Crippen LogP contribution < -0.4 is 0 Å². The Morgan fingerprint density at radius 3 is 2.09 bits per heavy atom. The lowest BCUT2D eigenvalue weighted by Gasteiger charge is -2.55. The van der Waals surface area contributed by atoms with Crippen molar-refractivity contribution in [3.8, 4) is 0 Å². The molecule has 116 valence electrons. The van der Waals surface area contributed by atoms with E-state index in [4.69, 9.17) is 4.74 Å².